The van der Waals surface area contributed by atoms with Crippen molar-refractivity contribution in [2.75, 3.05) is 17.2 Å². The third kappa shape index (κ3) is 4.26. The van der Waals surface area contributed by atoms with E-state index in [0.29, 0.717) is 31.1 Å². The Balaban J connectivity index is 2.01. The van der Waals surface area contributed by atoms with Crippen molar-refractivity contribution in [1.29, 1.82) is 0 Å². The maximum Gasteiger partial charge on any atom is 0.225 e. The van der Waals surface area contributed by atoms with Crippen LogP contribution in [0.5, 0.6) is 0 Å². The summed E-state index contributed by atoms with van der Waals surface area (Å²) in [5, 5.41) is 8.35. The largest absolute Gasteiger partial charge is 0.326 e. The van der Waals surface area contributed by atoms with Gasteiger partial charge in [0, 0.05) is 31.1 Å². The number of anilines is 2. The van der Waals surface area contributed by atoms with Gasteiger partial charge in [-0.3, -0.25) is 9.59 Å². The van der Waals surface area contributed by atoms with Gasteiger partial charge in [-0.2, -0.15) is 0 Å². The molecule has 3 N–H and O–H groups in total. The van der Waals surface area contributed by atoms with Gasteiger partial charge in [-0.05, 0) is 24.1 Å². The van der Waals surface area contributed by atoms with Crippen LogP contribution in [-0.4, -0.2) is 24.4 Å². The highest BCUT2D eigenvalue weighted by Crippen LogP contribution is 2.28. The molecule has 21 heavy (non-hydrogen) atoms. The zero-order chi connectivity index (χ0) is 15.4. The van der Waals surface area contributed by atoms with Crippen LogP contribution in [0, 0.1) is 5.82 Å². The zero-order valence-corrected chi connectivity index (χ0v) is 12.3. The van der Waals surface area contributed by atoms with E-state index < -0.39 is 5.82 Å². The SMILES string of the molecule is CC(C)NCCC(=O)Nc1cc2c(cc1F)CCC(=O)N2. The fourth-order valence-corrected chi connectivity index (χ4v) is 2.18. The van der Waals surface area contributed by atoms with Crippen molar-refractivity contribution >= 4 is 23.2 Å². The Labute approximate surface area is 123 Å². The van der Waals surface area contributed by atoms with Crippen LogP contribution in [0.2, 0.25) is 0 Å². The minimum absolute atomic E-state index is 0.0903. The average molecular weight is 293 g/mol. The van der Waals surface area contributed by atoms with Crippen LogP contribution < -0.4 is 16.0 Å². The Morgan fingerprint density at radius 3 is 2.86 bits per heavy atom. The second kappa shape index (κ2) is 6.67. The van der Waals surface area contributed by atoms with Crippen LogP contribution in [-0.2, 0) is 16.0 Å². The van der Waals surface area contributed by atoms with Crippen molar-refractivity contribution in [1.82, 2.24) is 5.32 Å². The van der Waals surface area contributed by atoms with Crippen molar-refractivity contribution in [3.05, 3.63) is 23.5 Å². The number of hydrogen-bond acceptors (Lipinski definition) is 3. The molecule has 1 aliphatic rings. The monoisotopic (exact) mass is 293 g/mol. The smallest absolute Gasteiger partial charge is 0.225 e. The van der Waals surface area contributed by atoms with Crippen LogP contribution in [0.25, 0.3) is 0 Å². The van der Waals surface area contributed by atoms with Gasteiger partial charge in [-0.15, -0.1) is 0 Å². The first-order chi connectivity index (χ1) is 9.95. The number of benzene rings is 1. The summed E-state index contributed by atoms with van der Waals surface area (Å²) in [5.74, 6) is -0.827. The summed E-state index contributed by atoms with van der Waals surface area (Å²) < 4.78 is 13.9. The quantitative estimate of drug-likeness (QED) is 0.778. The summed E-state index contributed by atoms with van der Waals surface area (Å²) >= 11 is 0. The van der Waals surface area contributed by atoms with Gasteiger partial charge in [-0.25, -0.2) is 4.39 Å². The molecule has 0 aliphatic carbocycles. The molecular weight excluding hydrogens is 273 g/mol. The molecule has 1 aromatic carbocycles. The van der Waals surface area contributed by atoms with Crippen LogP contribution in [0.3, 0.4) is 0 Å². The normalized spacial score (nSPS) is 13.8. The van der Waals surface area contributed by atoms with Gasteiger partial charge in [0.05, 0.1) is 5.69 Å². The molecule has 1 heterocycles. The first kappa shape index (κ1) is 15.4. The van der Waals surface area contributed by atoms with E-state index >= 15 is 0 Å². The number of amides is 2. The topological polar surface area (TPSA) is 70.2 Å². The molecule has 0 radical (unpaired) electrons. The van der Waals surface area contributed by atoms with Gasteiger partial charge < -0.3 is 16.0 Å². The van der Waals surface area contributed by atoms with E-state index in [-0.39, 0.29) is 23.9 Å². The Morgan fingerprint density at radius 1 is 1.38 bits per heavy atom. The first-order valence-corrected chi connectivity index (χ1v) is 7.11. The lowest BCUT2D eigenvalue weighted by atomic mass is 10.0. The molecule has 114 valence electrons. The second-order valence-electron chi connectivity index (χ2n) is 5.44. The molecule has 2 rings (SSSR count). The maximum absolute atomic E-state index is 13.9. The van der Waals surface area contributed by atoms with E-state index in [4.69, 9.17) is 0 Å². The molecule has 6 heteroatoms. The molecule has 0 saturated heterocycles. The number of carbonyl (C=O) groups excluding carboxylic acids is 2. The molecule has 0 atom stereocenters. The van der Waals surface area contributed by atoms with Crippen molar-refractivity contribution < 1.29 is 14.0 Å². The highest BCUT2D eigenvalue weighted by molar-refractivity contribution is 5.96. The zero-order valence-electron chi connectivity index (χ0n) is 12.3. The number of nitrogens with one attached hydrogen (secondary N) is 3. The number of halogens is 1. The van der Waals surface area contributed by atoms with Crippen molar-refractivity contribution in [3.63, 3.8) is 0 Å². The summed E-state index contributed by atoms with van der Waals surface area (Å²) in [5.41, 5.74) is 1.43. The average Bonchev–Trinajstić information content (AvgIpc) is 2.39. The maximum atomic E-state index is 13.9. The molecular formula is C15H20FN3O2. The Hall–Kier alpha value is -1.95. The Kier molecular flexibility index (Phi) is 4.90. The highest BCUT2D eigenvalue weighted by atomic mass is 19.1. The number of fused-ring (bicyclic) bond motifs is 1. The standard InChI is InChI=1S/C15H20FN3O2/c1-9(2)17-6-5-15(21)19-13-8-12-10(7-11(13)16)3-4-14(20)18-12/h7-9,17H,3-6H2,1-2H3,(H,18,20)(H,19,21). The molecule has 0 saturated carbocycles. The fraction of sp³-hybridized carbons (Fsp3) is 0.467. The second-order valence-corrected chi connectivity index (χ2v) is 5.44. The summed E-state index contributed by atoms with van der Waals surface area (Å²) in [6.07, 6.45) is 1.14. The summed E-state index contributed by atoms with van der Waals surface area (Å²) in [6.45, 7) is 4.51. The molecule has 1 aliphatic heterocycles. The van der Waals surface area contributed by atoms with E-state index in [0.717, 1.165) is 5.56 Å². The van der Waals surface area contributed by atoms with Gasteiger partial charge in [-0.1, -0.05) is 13.8 Å². The predicted molar refractivity (Wildman–Crippen MR) is 79.7 cm³/mol. The molecule has 0 aromatic heterocycles. The van der Waals surface area contributed by atoms with E-state index in [1.54, 1.807) is 0 Å². The van der Waals surface area contributed by atoms with E-state index in [9.17, 15) is 14.0 Å². The van der Waals surface area contributed by atoms with E-state index in [2.05, 4.69) is 16.0 Å². The third-order valence-corrected chi connectivity index (χ3v) is 3.27. The van der Waals surface area contributed by atoms with Crippen molar-refractivity contribution in [2.45, 2.75) is 39.2 Å². The third-order valence-electron chi connectivity index (χ3n) is 3.27. The minimum atomic E-state index is -0.477. The van der Waals surface area contributed by atoms with Crippen LogP contribution in [0.4, 0.5) is 15.8 Å². The van der Waals surface area contributed by atoms with Crippen molar-refractivity contribution in [2.24, 2.45) is 0 Å². The lowest BCUT2D eigenvalue weighted by molar-refractivity contribution is -0.117. The van der Waals surface area contributed by atoms with Gasteiger partial charge in [0.15, 0.2) is 0 Å². The summed E-state index contributed by atoms with van der Waals surface area (Å²) in [7, 11) is 0. The van der Waals surface area contributed by atoms with Gasteiger partial charge in [0.2, 0.25) is 11.8 Å². The predicted octanol–water partition coefficient (Wildman–Crippen LogP) is 2.04. The Bertz CT molecular complexity index is 558. The van der Waals surface area contributed by atoms with Crippen LogP contribution in [0.1, 0.15) is 32.3 Å². The number of rotatable bonds is 5. The summed E-state index contributed by atoms with van der Waals surface area (Å²) in [4.78, 5) is 23.1. The molecule has 0 unspecified atom stereocenters. The number of aryl methyl sites for hydroxylation is 1. The molecule has 1 aromatic rings. The minimum Gasteiger partial charge on any atom is -0.326 e. The molecule has 0 spiro atoms. The molecule has 0 fully saturated rings. The van der Waals surface area contributed by atoms with Gasteiger partial charge >= 0.3 is 0 Å². The fourth-order valence-electron chi connectivity index (χ4n) is 2.18. The summed E-state index contributed by atoms with van der Waals surface area (Å²) in [6, 6.07) is 3.15. The lowest BCUT2D eigenvalue weighted by Crippen LogP contribution is -2.27. The van der Waals surface area contributed by atoms with E-state index in [1.807, 2.05) is 13.8 Å². The van der Waals surface area contributed by atoms with Gasteiger partial charge in [0.25, 0.3) is 0 Å². The molecule has 5 nitrogen and oxygen atoms in total. The van der Waals surface area contributed by atoms with Crippen LogP contribution >= 0.6 is 0 Å². The van der Waals surface area contributed by atoms with Crippen LogP contribution in [0.15, 0.2) is 12.1 Å². The van der Waals surface area contributed by atoms with Crippen molar-refractivity contribution in [3.8, 4) is 0 Å². The highest BCUT2D eigenvalue weighted by Gasteiger charge is 2.18. The number of carbonyl (C=O) groups is 2. The molecule has 0 bridgehead atoms. The number of hydrogen-bond donors (Lipinski definition) is 3. The Morgan fingerprint density at radius 2 is 2.14 bits per heavy atom. The molecule has 2 amide bonds. The first-order valence-electron chi connectivity index (χ1n) is 7.11. The van der Waals surface area contributed by atoms with Gasteiger partial charge in [0.1, 0.15) is 5.82 Å². The van der Waals surface area contributed by atoms with E-state index in [1.165, 1.54) is 12.1 Å². The lowest BCUT2D eigenvalue weighted by Gasteiger charge is -2.18.